The highest BCUT2D eigenvalue weighted by Crippen LogP contribution is 2.31. The lowest BCUT2D eigenvalue weighted by molar-refractivity contribution is -0.121. The van der Waals surface area contributed by atoms with Crippen molar-refractivity contribution in [1.82, 2.24) is 39.3 Å². The number of aryl methyl sites for hydroxylation is 2. The van der Waals surface area contributed by atoms with Gasteiger partial charge in [0, 0.05) is 65.5 Å². The fraction of sp³-hybridized carbons (Fsp3) is 0.432. The second-order valence-corrected chi connectivity index (χ2v) is 16.1. The molecule has 0 unspecified atom stereocenters. The molecule has 0 bridgehead atoms. The highest BCUT2D eigenvalue weighted by Gasteiger charge is 2.21. The summed E-state index contributed by atoms with van der Waals surface area (Å²) in [4.78, 5) is 80.6. The second kappa shape index (κ2) is 22.0. The zero-order chi connectivity index (χ0) is 42.4. The molecule has 4 aromatic heterocycles. The molecule has 0 atom stereocenters. The average Bonchev–Trinajstić information content (AvgIpc) is 3.95. The summed E-state index contributed by atoms with van der Waals surface area (Å²) in [7, 11) is 11.2. The summed E-state index contributed by atoms with van der Waals surface area (Å²) < 4.78 is 7.31. The van der Waals surface area contributed by atoms with Gasteiger partial charge in [-0.15, -0.1) is 11.3 Å². The molecule has 0 saturated heterocycles. The Balaban J connectivity index is 1.18. The molecule has 21 heteroatoms. The number of rotatable bonds is 22. The highest BCUT2D eigenvalue weighted by molar-refractivity contribution is 7.18. The number of thiophene rings is 1. The van der Waals surface area contributed by atoms with E-state index in [1.165, 1.54) is 12.1 Å². The number of nitrogens with one attached hydrogen (secondary N) is 7. The smallest absolute Gasteiger partial charge is 0.277 e. The molecular weight excluding hydrogens is 808 g/mol. The van der Waals surface area contributed by atoms with Crippen LogP contribution in [-0.2, 0) is 23.7 Å². The third-order valence-electron chi connectivity index (χ3n) is 8.38. The lowest BCUT2D eigenvalue weighted by atomic mass is 10.3. The van der Waals surface area contributed by atoms with Gasteiger partial charge in [-0.1, -0.05) is 11.6 Å². The van der Waals surface area contributed by atoms with Crippen molar-refractivity contribution in [2.45, 2.75) is 25.7 Å². The molecule has 0 saturated carbocycles. The number of aromatic nitrogens is 3. The fourth-order valence-corrected chi connectivity index (χ4v) is 7.28. The predicted octanol–water partition coefficient (Wildman–Crippen LogP) is 3.35. The first-order valence-corrected chi connectivity index (χ1v) is 20.4. The van der Waals surface area contributed by atoms with Gasteiger partial charge in [0.1, 0.15) is 21.4 Å². The van der Waals surface area contributed by atoms with Crippen LogP contribution in [0.2, 0.25) is 5.02 Å². The maximum atomic E-state index is 13.0. The summed E-state index contributed by atoms with van der Waals surface area (Å²) in [6, 6.07) is 6.21. The van der Waals surface area contributed by atoms with Gasteiger partial charge < -0.3 is 56.2 Å². The van der Waals surface area contributed by atoms with Gasteiger partial charge in [-0.05, 0) is 89.9 Å². The van der Waals surface area contributed by atoms with Crippen molar-refractivity contribution in [3.8, 4) is 0 Å². The molecular formula is C37H51ClN12O6S2. The third-order valence-corrected chi connectivity index (χ3v) is 10.7. The van der Waals surface area contributed by atoms with Gasteiger partial charge in [-0.2, -0.15) is 4.37 Å². The SMILES string of the molecule is CN(C)CCCNC(=O)CCNC(=O)c1cc(NC(=O)CCNC(=O)c2cc(NC(=O)c3ccc(NC(=O)c4nsc(NCCCN(C)C)c4Cl)s3)cn2C)cn1C. The van der Waals surface area contributed by atoms with Gasteiger partial charge in [-0.25, -0.2) is 0 Å². The second-order valence-electron chi connectivity index (χ2n) is 13.8. The maximum Gasteiger partial charge on any atom is 0.277 e. The van der Waals surface area contributed by atoms with E-state index in [9.17, 15) is 28.8 Å². The van der Waals surface area contributed by atoms with Crippen molar-refractivity contribution in [2.75, 3.05) is 88.7 Å². The predicted molar refractivity (Wildman–Crippen MR) is 229 cm³/mol. The molecule has 58 heavy (non-hydrogen) atoms. The quantitative estimate of drug-likeness (QED) is 0.0573. The minimum absolute atomic E-state index is 0.0271. The minimum atomic E-state index is -0.497. The van der Waals surface area contributed by atoms with Crippen LogP contribution in [0.25, 0.3) is 0 Å². The van der Waals surface area contributed by atoms with E-state index in [2.05, 4.69) is 46.5 Å². The lowest BCUT2D eigenvalue weighted by Crippen LogP contribution is -2.32. The molecule has 0 radical (unpaired) electrons. The molecule has 7 N–H and O–H groups in total. The van der Waals surface area contributed by atoms with Crippen LogP contribution in [0, 0.1) is 0 Å². The lowest BCUT2D eigenvalue weighted by Gasteiger charge is -2.10. The number of carbonyl (C=O) groups excluding carboxylic acids is 6. The Morgan fingerprint density at radius 2 is 1.26 bits per heavy atom. The van der Waals surface area contributed by atoms with Gasteiger partial charge in [0.15, 0.2) is 5.69 Å². The summed E-state index contributed by atoms with van der Waals surface area (Å²) >= 11 is 8.59. The molecule has 4 heterocycles. The van der Waals surface area contributed by atoms with E-state index in [1.807, 2.05) is 33.1 Å². The molecule has 4 rings (SSSR count). The van der Waals surface area contributed by atoms with Gasteiger partial charge in [0.05, 0.1) is 21.3 Å². The van der Waals surface area contributed by atoms with E-state index in [-0.39, 0.29) is 60.1 Å². The van der Waals surface area contributed by atoms with Gasteiger partial charge in [-0.3, -0.25) is 28.8 Å². The van der Waals surface area contributed by atoms with Crippen LogP contribution in [0.4, 0.5) is 21.4 Å². The topological polar surface area (TPSA) is 216 Å². The van der Waals surface area contributed by atoms with Crippen LogP contribution in [0.1, 0.15) is 66.8 Å². The molecule has 314 valence electrons. The van der Waals surface area contributed by atoms with Crippen LogP contribution in [0.3, 0.4) is 0 Å². The highest BCUT2D eigenvalue weighted by atomic mass is 35.5. The zero-order valence-electron chi connectivity index (χ0n) is 33.4. The third kappa shape index (κ3) is 14.0. The maximum absolute atomic E-state index is 13.0. The van der Waals surface area contributed by atoms with Crippen LogP contribution in [0.5, 0.6) is 0 Å². The Morgan fingerprint density at radius 1 is 0.690 bits per heavy atom. The first-order valence-electron chi connectivity index (χ1n) is 18.5. The number of halogens is 1. The minimum Gasteiger partial charge on any atom is -0.374 e. The van der Waals surface area contributed by atoms with Crippen molar-refractivity contribution >= 4 is 91.3 Å². The normalized spacial score (nSPS) is 11.1. The Bertz CT molecular complexity index is 2070. The number of carbonyl (C=O) groups is 6. The Hall–Kier alpha value is -5.28. The van der Waals surface area contributed by atoms with Crippen molar-refractivity contribution in [1.29, 1.82) is 0 Å². The zero-order valence-corrected chi connectivity index (χ0v) is 35.8. The molecule has 0 fully saturated rings. The molecule has 0 aliphatic carbocycles. The van der Waals surface area contributed by atoms with E-state index in [0.717, 1.165) is 48.8 Å². The van der Waals surface area contributed by atoms with Crippen molar-refractivity contribution in [2.24, 2.45) is 14.1 Å². The fourth-order valence-electron chi connectivity index (χ4n) is 5.43. The Labute approximate surface area is 350 Å². The van der Waals surface area contributed by atoms with E-state index in [1.54, 1.807) is 47.8 Å². The molecule has 18 nitrogen and oxygen atoms in total. The Morgan fingerprint density at radius 3 is 1.86 bits per heavy atom. The molecule has 6 amide bonds. The molecule has 0 spiro atoms. The Kier molecular flexibility index (Phi) is 17.3. The largest absolute Gasteiger partial charge is 0.374 e. The van der Waals surface area contributed by atoms with Crippen molar-refractivity contribution in [3.05, 3.63) is 63.6 Å². The van der Waals surface area contributed by atoms with Crippen molar-refractivity contribution < 1.29 is 28.8 Å². The molecule has 0 aliphatic rings. The molecule has 0 aromatic carbocycles. The average molecular weight is 859 g/mol. The summed E-state index contributed by atoms with van der Waals surface area (Å²) in [5, 5.41) is 21.0. The van der Waals surface area contributed by atoms with Crippen LogP contribution >= 0.6 is 34.5 Å². The van der Waals surface area contributed by atoms with E-state index < -0.39 is 17.7 Å². The number of anilines is 4. The van der Waals surface area contributed by atoms with E-state index >= 15 is 0 Å². The summed E-state index contributed by atoms with van der Waals surface area (Å²) in [6.45, 7) is 3.21. The van der Waals surface area contributed by atoms with Crippen molar-refractivity contribution in [3.63, 3.8) is 0 Å². The number of hydrogen-bond donors (Lipinski definition) is 7. The van der Waals surface area contributed by atoms with Gasteiger partial charge in [0.25, 0.3) is 23.6 Å². The van der Waals surface area contributed by atoms with Crippen LogP contribution in [-0.4, -0.2) is 126 Å². The first kappa shape index (κ1) is 45.4. The van der Waals surface area contributed by atoms with Crippen LogP contribution < -0.4 is 37.2 Å². The van der Waals surface area contributed by atoms with E-state index in [0.29, 0.717) is 45.0 Å². The summed E-state index contributed by atoms with van der Waals surface area (Å²) in [6.07, 6.45) is 5.01. The first-order chi connectivity index (χ1) is 27.6. The summed E-state index contributed by atoms with van der Waals surface area (Å²) in [5.41, 5.74) is 1.42. The number of amides is 6. The number of nitrogens with zero attached hydrogens (tertiary/aromatic N) is 5. The summed E-state index contributed by atoms with van der Waals surface area (Å²) in [5.74, 6) is -2.30. The van der Waals surface area contributed by atoms with E-state index in [4.69, 9.17) is 11.6 Å². The number of hydrogen-bond acceptors (Lipinski definition) is 12. The van der Waals surface area contributed by atoms with Crippen LogP contribution in [0.15, 0.2) is 36.7 Å². The monoisotopic (exact) mass is 858 g/mol. The van der Waals surface area contributed by atoms with Gasteiger partial charge in [0.2, 0.25) is 11.8 Å². The molecule has 4 aromatic rings. The standard InChI is InChI=1S/C37H51ClN12O6S2/c1-47(2)17-7-13-39-28(51)11-15-40-33(53)25-19-23(21-49(25)5)43-29(52)12-16-41-34(54)26-20-24(22-50(26)6)44-35(55)27-9-10-30(57-27)45-36(56)32-31(38)37(58-46-32)42-14-8-18-48(3)4/h9-10,19-22,42H,7-8,11-18H2,1-6H3,(H,39,51)(H,40,53)(H,41,54)(H,43,52)(H,44,55)(H,45,56). The van der Waals surface area contributed by atoms with Gasteiger partial charge >= 0.3 is 0 Å². The molecule has 0 aliphatic heterocycles.